The number of phosphoric acid groups is 1. The molecule has 0 unspecified atom stereocenters. The Morgan fingerprint density at radius 3 is 1.17 bits per heavy atom. The van der Waals surface area contributed by atoms with Crippen LogP contribution in [-0.4, -0.2) is 14.7 Å². The molecule has 4 nitrogen and oxygen atoms in total. The van der Waals surface area contributed by atoms with Crippen LogP contribution in [0.25, 0.3) is 0 Å². The van der Waals surface area contributed by atoms with Gasteiger partial charge in [0.25, 0.3) is 0 Å². The largest absolute Gasteiger partial charge is 0.466 e. The molecule has 0 spiro atoms. The minimum atomic E-state index is -4.64. The zero-order chi connectivity index (χ0) is 4.50. The quantitative estimate of drug-likeness (QED) is 0.313. The third-order valence-electron chi connectivity index (χ3n) is 0. The van der Waals surface area contributed by atoms with Gasteiger partial charge in [-0.1, -0.05) is 0 Å². The average molecular weight is 157 g/mol. The third kappa shape index (κ3) is 164. The second-order valence-corrected chi connectivity index (χ2v) is 1.54. The molecule has 6 heteroatoms. The first-order chi connectivity index (χ1) is 2.00. The van der Waals surface area contributed by atoms with Crippen LogP contribution in [-0.2, 0) is 21.1 Å². The maximum atomic E-state index is 8.88. The van der Waals surface area contributed by atoms with E-state index in [9.17, 15) is 0 Å². The van der Waals surface area contributed by atoms with Crippen molar-refractivity contribution < 1.29 is 35.7 Å². The van der Waals surface area contributed by atoms with Gasteiger partial charge in [0.05, 0.1) is 0 Å². The first kappa shape index (κ1) is 9.78. The monoisotopic (exact) mass is 156 g/mol. The van der Waals surface area contributed by atoms with Gasteiger partial charge in [0.2, 0.25) is 0 Å². The first-order valence-electron chi connectivity index (χ1n) is 0.783. The minimum Gasteiger partial charge on any atom is -0.303 e. The van der Waals surface area contributed by atoms with Crippen molar-refractivity contribution in [2.24, 2.45) is 0 Å². The van der Waals surface area contributed by atoms with Crippen molar-refractivity contribution in [3.63, 3.8) is 0 Å². The molecule has 0 radical (unpaired) electrons. The molecule has 0 aliphatic rings. The van der Waals surface area contributed by atoms with Gasteiger partial charge in [-0.15, -0.1) is 0 Å². The van der Waals surface area contributed by atoms with Crippen LogP contribution in [0.4, 0.5) is 0 Å². The topological polar surface area (TPSA) is 77.8 Å². The van der Waals surface area contributed by atoms with E-state index >= 15 is 0 Å². The Kier molecular flexibility index (Phi) is 4.44. The SMILES string of the molecule is O=P(O)(O)O.[Ni]. The van der Waals surface area contributed by atoms with Gasteiger partial charge in [0, 0.05) is 16.5 Å². The molecule has 0 aromatic rings. The Balaban J connectivity index is 0. The van der Waals surface area contributed by atoms with Gasteiger partial charge in [-0.3, -0.25) is 0 Å². The van der Waals surface area contributed by atoms with Crippen LogP contribution in [0.15, 0.2) is 0 Å². The zero-order valence-electron chi connectivity index (χ0n) is 2.51. The van der Waals surface area contributed by atoms with E-state index in [1.807, 2.05) is 0 Å². The van der Waals surface area contributed by atoms with Crippen molar-refractivity contribution >= 4 is 7.82 Å². The summed E-state index contributed by atoms with van der Waals surface area (Å²) in [4.78, 5) is 21.6. The molecule has 0 atom stereocenters. The smallest absolute Gasteiger partial charge is 0.303 e. The van der Waals surface area contributed by atoms with Crippen LogP contribution in [0.3, 0.4) is 0 Å². The maximum absolute atomic E-state index is 8.88. The molecule has 3 N–H and O–H groups in total. The van der Waals surface area contributed by atoms with Gasteiger partial charge in [-0.05, 0) is 0 Å². The summed E-state index contributed by atoms with van der Waals surface area (Å²) in [7, 11) is -4.64. The summed E-state index contributed by atoms with van der Waals surface area (Å²) >= 11 is 0. The second kappa shape index (κ2) is 2.72. The molecule has 0 aliphatic heterocycles. The summed E-state index contributed by atoms with van der Waals surface area (Å²) in [5.74, 6) is 0. The van der Waals surface area contributed by atoms with Crippen molar-refractivity contribution in [2.45, 2.75) is 0 Å². The first-order valence-corrected chi connectivity index (χ1v) is 2.35. The van der Waals surface area contributed by atoms with Gasteiger partial charge in [0.15, 0.2) is 0 Å². The van der Waals surface area contributed by atoms with Crippen LogP contribution in [0.2, 0.25) is 0 Å². The molecular formula is H3NiO4P. The summed E-state index contributed by atoms with van der Waals surface area (Å²) in [5, 5.41) is 0. The Labute approximate surface area is 44.4 Å². The standard InChI is InChI=1S/Ni.H3O4P/c;1-5(2,3)4/h;(H3,1,2,3,4). The molecule has 0 bridgehead atoms. The average Bonchev–Trinajstić information content (AvgIpc) is 0.722. The van der Waals surface area contributed by atoms with Crippen molar-refractivity contribution in [2.75, 3.05) is 0 Å². The van der Waals surface area contributed by atoms with Crippen molar-refractivity contribution in [1.82, 2.24) is 0 Å². The van der Waals surface area contributed by atoms with Crippen LogP contribution >= 0.6 is 7.82 Å². The van der Waals surface area contributed by atoms with E-state index in [0.29, 0.717) is 0 Å². The summed E-state index contributed by atoms with van der Waals surface area (Å²) in [6, 6.07) is 0. The Bertz CT molecular complexity index is 53.7. The zero-order valence-corrected chi connectivity index (χ0v) is 4.40. The number of hydrogen-bond donors (Lipinski definition) is 3. The Morgan fingerprint density at radius 2 is 1.17 bits per heavy atom. The van der Waals surface area contributed by atoms with E-state index in [4.69, 9.17) is 19.2 Å². The second-order valence-electron chi connectivity index (χ2n) is 0.513. The molecule has 0 rings (SSSR count). The molecule has 0 aliphatic carbocycles. The van der Waals surface area contributed by atoms with E-state index in [1.54, 1.807) is 0 Å². The molecule has 0 saturated heterocycles. The molecule has 0 aromatic carbocycles. The van der Waals surface area contributed by atoms with Crippen LogP contribution in [0.1, 0.15) is 0 Å². The van der Waals surface area contributed by atoms with E-state index in [2.05, 4.69) is 0 Å². The van der Waals surface area contributed by atoms with Gasteiger partial charge >= 0.3 is 7.82 Å². The van der Waals surface area contributed by atoms with Crippen molar-refractivity contribution in [3.05, 3.63) is 0 Å². The Hall–Kier alpha value is 0.604. The summed E-state index contributed by atoms with van der Waals surface area (Å²) in [6.45, 7) is 0. The maximum Gasteiger partial charge on any atom is 0.466 e. The van der Waals surface area contributed by atoms with Gasteiger partial charge < -0.3 is 14.7 Å². The van der Waals surface area contributed by atoms with E-state index in [-0.39, 0.29) is 16.5 Å². The fraction of sp³-hybridized carbons (Fsp3) is 0. The molecule has 0 fully saturated rings. The Morgan fingerprint density at radius 1 is 1.17 bits per heavy atom. The summed E-state index contributed by atoms with van der Waals surface area (Å²) in [6.07, 6.45) is 0. The molecule has 0 saturated carbocycles. The van der Waals surface area contributed by atoms with Crippen LogP contribution in [0, 0.1) is 0 Å². The fourth-order valence-corrected chi connectivity index (χ4v) is 0. The summed E-state index contributed by atoms with van der Waals surface area (Å²) < 4.78 is 8.88. The number of hydrogen-bond acceptors (Lipinski definition) is 1. The molecule has 0 amide bonds. The molecular weight excluding hydrogens is 154 g/mol. The van der Waals surface area contributed by atoms with E-state index in [1.165, 1.54) is 0 Å². The molecule has 42 valence electrons. The molecule has 0 aromatic heterocycles. The van der Waals surface area contributed by atoms with E-state index in [0.717, 1.165) is 0 Å². The normalized spacial score (nSPS) is 9.83. The predicted molar refractivity (Wildman–Crippen MR) is 14.3 cm³/mol. The van der Waals surface area contributed by atoms with Gasteiger partial charge in [0.1, 0.15) is 0 Å². The molecule has 0 heterocycles. The van der Waals surface area contributed by atoms with E-state index < -0.39 is 7.82 Å². The molecule has 6 heavy (non-hydrogen) atoms. The van der Waals surface area contributed by atoms with Crippen LogP contribution in [0.5, 0.6) is 0 Å². The third-order valence-corrected chi connectivity index (χ3v) is 0. The summed E-state index contributed by atoms with van der Waals surface area (Å²) in [5.41, 5.74) is 0. The van der Waals surface area contributed by atoms with Crippen LogP contribution < -0.4 is 0 Å². The number of rotatable bonds is 0. The van der Waals surface area contributed by atoms with Gasteiger partial charge in [-0.2, -0.15) is 0 Å². The fourth-order valence-electron chi connectivity index (χ4n) is 0. The minimum absolute atomic E-state index is 0. The van der Waals surface area contributed by atoms with Crippen molar-refractivity contribution in [3.8, 4) is 0 Å². The van der Waals surface area contributed by atoms with Gasteiger partial charge in [-0.25, -0.2) is 4.57 Å². The van der Waals surface area contributed by atoms with Crippen molar-refractivity contribution in [1.29, 1.82) is 0 Å². The predicted octanol–water partition coefficient (Wildman–Crippen LogP) is -0.931.